The summed E-state index contributed by atoms with van der Waals surface area (Å²) in [5, 5.41) is 0. The van der Waals surface area contributed by atoms with Gasteiger partial charge in [0.25, 0.3) is 0 Å². The van der Waals surface area contributed by atoms with Crippen molar-refractivity contribution < 1.29 is 8.42 Å². The van der Waals surface area contributed by atoms with Crippen molar-refractivity contribution in [1.29, 1.82) is 0 Å². The molecule has 1 saturated heterocycles. The van der Waals surface area contributed by atoms with E-state index in [0.717, 1.165) is 25.3 Å². The third-order valence-electron chi connectivity index (χ3n) is 4.74. The predicted molar refractivity (Wildman–Crippen MR) is 103 cm³/mol. The minimum atomic E-state index is -2.92. The quantitative estimate of drug-likeness (QED) is 0.727. The highest BCUT2D eigenvalue weighted by Crippen LogP contribution is 2.23. The molecule has 0 bridgehead atoms. The van der Waals surface area contributed by atoms with Gasteiger partial charge < -0.3 is 9.80 Å². The molecular weight excluding hydrogens is 350 g/mol. The molecule has 0 N–H and O–H groups in total. The van der Waals surface area contributed by atoms with E-state index in [-0.39, 0.29) is 17.5 Å². The Bertz CT molecular complexity index is 828. The van der Waals surface area contributed by atoms with Gasteiger partial charge in [0.15, 0.2) is 9.84 Å². The zero-order valence-corrected chi connectivity index (χ0v) is 16.1. The minimum Gasteiger partial charge on any atom is -0.353 e. The summed E-state index contributed by atoms with van der Waals surface area (Å²) in [6, 6.07) is 5.86. The van der Waals surface area contributed by atoms with Gasteiger partial charge >= 0.3 is 0 Å². The lowest BCUT2D eigenvalue weighted by Crippen LogP contribution is -2.37. The number of nitrogens with zero attached hydrogens (tertiary/aromatic N) is 5. The molecule has 0 radical (unpaired) electrons. The van der Waals surface area contributed by atoms with E-state index in [1.807, 2.05) is 37.1 Å². The number of hydrogen-bond acceptors (Lipinski definition) is 7. The lowest BCUT2D eigenvalue weighted by molar-refractivity contribution is 0.599. The molecule has 8 heteroatoms. The maximum absolute atomic E-state index is 11.8. The molecule has 7 nitrogen and oxygen atoms in total. The maximum atomic E-state index is 11.8. The molecule has 140 valence electrons. The fraction of sp³-hybridized carbons (Fsp3) is 0.500. The highest BCUT2D eigenvalue weighted by molar-refractivity contribution is 7.91. The molecule has 1 unspecified atom stereocenters. The third kappa shape index (κ3) is 4.49. The van der Waals surface area contributed by atoms with Crippen molar-refractivity contribution in [2.75, 3.05) is 41.4 Å². The van der Waals surface area contributed by atoms with E-state index in [1.165, 1.54) is 5.56 Å². The van der Waals surface area contributed by atoms with Crippen LogP contribution >= 0.6 is 0 Å². The Balaban J connectivity index is 1.70. The first-order valence-corrected chi connectivity index (χ1v) is 10.7. The summed E-state index contributed by atoms with van der Waals surface area (Å²) < 4.78 is 23.6. The van der Waals surface area contributed by atoms with Crippen molar-refractivity contribution in [3.63, 3.8) is 0 Å². The molecule has 0 spiro atoms. The van der Waals surface area contributed by atoms with Crippen LogP contribution in [-0.4, -0.2) is 61.1 Å². The molecule has 1 fully saturated rings. The molecular formula is C18H25N5O2S. The number of rotatable bonds is 7. The molecule has 1 aliphatic heterocycles. The first kappa shape index (κ1) is 18.6. The van der Waals surface area contributed by atoms with E-state index in [2.05, 4.69) is 19.9 Å². The summed E-state index contributed by atoms with van der Waals surface area (Å²) in [7, 11) is -0.956. The zero-order valence-electron chi connectivity index (χ0n) is 15.2. The van der Waals surface area contributed by atoms with E-state index in [1.54, 1.807) is 18.6 Å². The standard InChI is InChI=1S/C18H25N5O2S/c1-3-23(16-8-13-26(24,25)14-16)17-6-11-20-18(21-17)22(2)12-7-15-4-9-19-10-5-15/h4-6,9-11,16H,3,7-8,12-14H2,1-2H3. The first-order chi connectivity index (χ1) is 12.5. The van der Waals surface area contributed by atoms with Gasteiger partial charge in [-0.3, -0.25) is 4.98 Å². The summed E-state index contributed by atoms with van der Waals surface area (Å²) in [5.74, 6) is 1.90. The molecule has 1 atom stereocenters. The van der Waals surface area contributed by atoms with Crippen LogP contribution in [0.4, 0.5) is 11.8 Å². The Morgan fingerprint density at radius 2 is 1.96 bits per heavy atom. The third-order valence-corrected chi connectivity index (χ3v) is 6.49. The average Bonchev–Trinajstić information content (AvgIpc) is 3.01. The molecule has 3 heterocycles. The van der Waals surface area contributed by atoms with Crippen LogP contribution in [0.25, 0.3) is 0 Å². The molecule has 1 aliphatic rings. The molecule has 0 aromatic carbocycles. The van der Waals surface area contributed by atoms with Crippen molar-refractivity contribution in [3.05, 3.63) is 42.4 Å². The van der Waals surface area contributed by atoms with Crippen LogP contribution < -0.4 is 9.80 Å². The molecule has 0 amide bonds. The lowest BCUT2D eigenvalue weighted by atomic mass is 10.2. The zero-order chi connectivity index (χ0) is 18.6. The Hall–Kier alpha value is -2.22. The summed E-state index contributed by atoms with van der Waals surface area (Å²) in [4.78, 5) is 17.2. The van der Waals surface area contributed by atoms with Crippen molar-refractivity contribution in [2.24, 2.45) is 0 Å². The molecule has 26 heavy (non-hydrogen) atoms. The topological polar surface area (TPSA) is 79.3 Å². The molecule has 0 saturated carbocycles. The van der Waals surface area contributed by atoms with E-state index < -0.39 is 9.84 Å². The molecule has 3 rings (SSSR count). The number of aromatic nitrogens is 3. The fourth-order valence-corrected chi connectivity index (χ4v) is 4.99. The van der Waals surface area contributed by atoms with Gasteiger partial charge in [-0.15, -0.1) is 0 Å². The monoisotopic (exact) mass is 375 g/mol. The SMILES string of the molecule is CCN(c1ccnc(N(C)CCc2ccncc2)n1)C1CCS(=O)(=O)C1. The summed E-state index contributed by atoms with van der Waals surface area (Å²) in [5.41, 5.74) is 1.22. The highest BCUT2D eigenvalue weighted by atomic mass is 32.2. The number of anilines is 2. The van der Waals surface area contributed by atoms with Gasteiger partial charge in [-0.25, -0.2) is 13.4 Å². The molecule has 2 aromatic rings. The van der Waals surface area contributed by atoms with Crippen molar-refractivity contribution in [2.45, 2.75) is 25.8 Å². The van der Waals surface area contributed by atoms with Crippen LogP contribution in [0.2, 0.25) is 0 Å². The normalized spacial score (nSPS) is 18.6. The Labute approximate surface area is 155 Å². The highest BCUT2D eigenvalue weighted by Gasteiger charge is 2.32. The van der Waals surface area contributed by atoms with Gasteiger partial charge in [0.05, 0.1) is 11.5 Å². The first-order valence-electron chi connectivity index (χ1n) is 8.88. The van der Waals surface area contributed by atoms with Crippen LogP contribution in [-0.2, 0) is 16.3 Å². The number of hydrogen-bond donors (Lipinski definition) is 0. The number of sulfone groups is 1. The van der Waals surface area contributed by atoms with Crippen LogP contribution in [0.3, 0.4) is 0 Å². The van der Waals surface area contributed by atoms with E-state index >= 15 is 0 Å². The van der Waals surface area contributed by atoms with Crippen molar-refractivity contribution in [3.8, 4) is 0 Å². The molecule has 2 aromatic heterocycles. The summed E-state index contributed by atoms with van der Waals surface area (Å²) in [6.07, 6.45) is 6.87. The van der Waals surface area contributed by atoms with E-state index in [0.29, 0.717) is 12.4 Å². The second-order valence-corrected chi connectivity index (χ2v) is 8.81. The van der Waals surface area contributed by atoms with Gasteiger partial charge in [0.1, 0.15) is 5.82 Å². The Morgan fingerprint density at radius 1 is 1.19 bits per heavy atom. The van der Waals surface area contributed by atoms with Gasteiger partial charge in [-0.2, -0.15) is 4.98 Å². The average molecular weight is 375 g/mol. The Morgan fingerprint density at radius 3 is 2.62 bits per heavy atom. The van der Waals surface area contributed by atoms with Crippen LogP contribution in [0.1, 0.15) is 18.9 Å². The summed E-state index contributed by atoms with van der Waals surface area (Å²) in [6.45, 7) is 3.54. The molecule has 0 aliphatic carbocycles. The lowest BCUT2D eigenvalue weighted by Gasteiger charge is -2.28. The van der Waals surface area contributed by atoms with Crippen LogP contribution in [0.15, 0.2) is 36.8 Å². The van der Waals surface area contributed by atoms with Gasteiger partial charge in [0, 0.05) is 44.8 Å². The van der Waals surface area contributed by atoms with Crippen molar-refractivity contribution >= 4 is 21.6 Å². The maximum Gasteiger partial charge on any atom is 0.227 e. The summed E-state index contributed by atoms with van der Waals surface area (Å²) >= 11 is 0. The van der Waals surface area contributed by atoms with Crippen LogP contribution in [0, 0.1) is 0 Å². The second kappa shape index (κ2) is 7.99. The van der Waals surface area contributed by atoms with Crippen LogP contribution in [0.5, 0.6) is 0 Å². The second-order valence-electron chi connectivity index (χ2n) is 6.58. The number of likely N-dealkylation sites (N-methyl/N-ethyl adjacent to an activating group) is 1. The number of pyridine rings is 1. The van der Waals surface area contributed by atoms with Gasteiger partial charge in [-0.1, -0.05) is 0 Å². The predicted octanol–water partition coefficient (Wildman–Crippen LogP) is 1.56. The Kier molecular flexibility index (Phi) is 5.70. The van der Waals surface area contributed by atoms with E-state index in [9.17, 15) is 8.42 Å². The largest absolute Gasteiger partial charge is 0.353 e. The fourth-order valence-electron chi connectivity index (χ4n) is 3.26. The van der Waals surface area contributed by atoms with Gasteiger partial charge in [0.2, 0.25) is 5.95 Å². The van der Waals surface area contributed by atoms with Gasteiger partial charge in [-0.05, 0) is 43.5 Å². The smallest absolute Gasteiger partial charge is 0.227 e. The van der Waals surface area contributed by atoms with E-state index in [4.69, 9.17) is 0 Å². The minimum absolute atomic E-state index is 0.00475. The van der Waals surface area contributed by atoms with Crippen molar-refractivity contribution in [1.82, 2.24) is 15.0 Å².